The van der Waals surface area contributed by atoms with Gasteiger partial charge in [0.05, 0.1) is 0 Å². The molecule has 1 aliphatic rings. The second-order valence-electron chi connectivity index (χ2n) is 4.76. The molecule has 2 rings (SSSR count). The summed E-state index contributed by atoms with van der Waals surface area (Å²) in [6.45, 7) is 1.26. The highest BCUT2D eigenvalue weighted by molar-refractivity contribution is 5.91. The number of rotatable bonds is 4. The van der Waals surface area contributed by atoms with E-state index in [1.807, 2.05) is 0 Å². The molecule has 0 atom stereocenters. The number of amides is 2. The van der Waals surface area contributed by atoms with Gasteiger partial charge in [-0.05, 0) is 31.0 Å². The Labute approximate surface area is 112 Å². The van der Waals surface area contributed by atoms with Crippen molar-refractivity contribution in [3.63, 3.8) is 0 Å². The van der Waals surface area contributed by atoms with E-state index in [1.165, 1.54) is 0 Å². The fraction of sp³-hybridized carbons (Fsp3) is 0.429. The van der Waals surface area contributed by atoms with Crippen LogP contribution in [0.4, 0.5) is 11.4 Å². The summed E-state index contributed by atoms with van der Waals surface area (Å²) in [5, 5.41) is 2.78. The minimum absolute atomic E-state index is 0.0935. The zero-order chi connectivity index (χ0) is 13.7. The maximum atomic E-state index is 11.8. The number of hydrogen-bond acceptors (Lipinski definition) is 3. The number of likely N-dealkylation sites (tertiary alicyclic amines) is 1. The normalized spacial score (nSPS) is 15.4. The summed E-state index contributed by atoms with van der Waals surface area (Å²) in [6, 6.07) is 7.06. The van der Waals surface area contributed by atoms with E-state index in [-0.39, 0.29) is 11.8 Å². The molecule has 1 aliphatic heterocycles. The zero-order valence-electron chi connectivity index (χ0n) is 10.9. The Bertz CT molecular complexity index is 474. The number of nitrogen functional groups attached to an aromatic ring is 1. The van der Waals surface area contributed by atoms with Gasteiger partial charge in [-0.25, -0.2) is 0 Å². The Hall–Kier alpha value is -2.04. The molecule has 0 spiro atoms. The molecule has 3 N–H and O–H groups in total. The molecule has 0 unspecified atom stereocenters. The van der Waals surface area contributed by atoms with Crippen LogP contribution in [-0.4, -0.2) is 29.8 Å². The number of piperidine rings is 1. The lowest BCUT2D eigenvalue weighted by Gasteiger charge is -2.26. The molecule has 0 aliphatic carbocycles. The van der Waals surface area contributed by atoms with Crippen molar-refractivity contribution in [3.8, 4) is 0 Å². The van der Waals surface area contributed by atoms with Crippen molar-refractivity contribution in [1.82, 2.24) is 4.90 Å². The molecule has 1 aromatic carbocycles. The van der Waals surface area contributed by atoms with Crippen LogP contribution in [0.15, 0.2) is 24.3 Å². The summed E-state index contributed by atoms with van der Waals surface area (Å²) in [6.07, 6.45) is 2.92. The van der Waals surface area contributed by atoms with Crippen molar-refractivity contribution in [2.75, 3.05) is 24.1 Å². The van der Waals surface area contributed by atoms with Crippen LogP contribution in [0.25, 0.3) is 0 Å². The summed E-state index contributed by atoms with van der Waals surface area (Å²) < 4.78 is 0. The number of anilines is 2. The van der Waals surface area contributed by atoms with Gasteiger partial charge in [-0.3, -0.25) is 9.59 Å². The van der Waals surface area contributed by atoms with Crippen molar-refractivity contribution in [1.29, 1.82) is 0 Å². The fourth-order valence-electron chi connectivity index (χ4n) is 2.17. The van der Waals surface area contributed by atoms with Crippen molar-refractivity contribution in [2.45, 2.75) is 25.7 Å². The smallest absolute Gasteiger partial charge is 0.226 e. The molecular formula is C14H19N3O2. The van der Waals surface area contributed by atoms with Gasteiger partial charge in [0, 0.05) is 37.3 Å². The third-order valence-corrected chi connectivity index (χ3v) is 3.20. The molecule has 1 aromatic rings. The Kier molecular flexibility index (Phi) is 4.39. The number of carbonyl (C=O) groups excluding carboxylic acids is 2. The van der Waals surface area contributed by atoms with Gasteiger partial charge < -0.3 is 16.0 Å². The van der Waals surface area contributed by atoms with E-state index in [2.05, 4.69) is 5.32 Å². The molecule has 0 radical (unpaired) electrons. The SMILES string of the molecule is Nc1cccc(NC(=O)CCN2CCCCC2=O)c1. The van der Waals surface area contributed by atoms with Crippen LogP contribution < -0.4 is 11.1 Å². The van der Waals surface area contributed by atoms with Gasteiger partial charge in [0.1, 0.15) is 0 Å². The molecule has 1 saturated heterocycles. The topological polar surface area (TPSA) is 75.4 Å². The minimum atomic E-state index is -0.0935. The van der Waals surface area contributed by atoms with E-state index in [0.29, 0.717) is 30.8 Å². The lowest BCUT2D eigenvalue weighted by molar-refractivity contribution is -0.133. The lowest BCUT2D eigenvalue weighted by Crippen LogP contribution is -2.37. The average molecular weight is 261 g/mol. The van der Waals surface area contributed by atoms with Gasteiger partial charge in [0.25, 0.3) is 0 Å². The third-order valence-electron chi connectivity index (χ3n) is 3.20. The summed E-state index contributed by atoms with van der Waals surface area (Å²) >= 11 is 0. The Morgan fingerprint density at radius 2 is 2.21 bits per heavy atom. The highest BCUT2D eigenvalue weighted by Gasteiger charge is 2.18. The molecule has 0 bridgehead atoms. The van der Waals surface area contributed by atoms with E-state index in [4.69, 9.17) is 5.73 Å². The van der Waals surface area contributed by atoms with E-state index >= 15 is 0 Å². The van der Waals surface area contributed by atoms with Crippen molar-refractivity contribution < 1.29 is 9.59 Å². The predicted molar refractivity (Wildman–Crippen MR) is 74.5 cm³/mol. The van der Waals surface area contributed by atoms with Gasteiger partial charge >= 0.3 is 0 Å². The second-order valence-corrected chi connectivity index (χ2v) is 4.76. The quantitative estimate of drug-likeness (QED) is 0.808. The summed E-state index contributed by atoms with van der Waals surface area (Å²) in [5.74, 6) is 0.0620. The van der Waals surface area contributed by atoms with Gasteiger partial charge in [0.15, 0.2) is 0 Å². The largest absolute Gasteiger partial charge is 0.399 e. The Morgan fingerprint density at radius 1 is 1.37 bits per heavy atom. The molecular weight excluding hydrogens is 242 g/mol. The summed E-state index contributed by atoms with van der Waals surface area (Å²) in [7, 11) is 0. The number of nitrogens with zero attached hydrogens (tertiary/aromatic N) is 1. The Morgan fingerprint density at radius 3 is 2.95 bits per heavy atom. The minimum Gasteiger partial charge on any atom is -0.399 e. The molecule has 1 heterocycles. The van der Waals surface area contributed by atoms with E-state index in [0.717, 1.165) is 19.4 Å². The number of carbonyl (C=O) groups is 2. The van der Waals surface area contributed by atoms with Gasteiger partial charge in [-0.2, -0.15) is 0 Å². The molecule has 1 fully saturated rings. The highest BCUT2D eigenvalue weighted by atomic mass is 16.2. The number of benzene rings is 1. The van der Waals surface area contributed by atoms with Crippen molar-refractivity contribution in [3.05, 3.63) is 24.3 Å². The summed E-state index contributed by atoms with van der Waals surface area (Å²) in [4.78, 5) is 25.1. The first-order chi connectivity index (χ1) is 9.15. The summed E-state index contributed by atoms with van der Waals surface area (Å²) in [5.41, 5.74) is 6.94. The van der Waals surface area contributed by atoms with E-state index in [1.54, 1.807) is 29.2 Å². The maximum Gasteiger partial charge on any atom is 0.226 e. The zero-order valence-corrected chi connectivity index (χ0v) is 10.9. The second kappa shape index (κ2) is 6.22. The molecule has 0 aromatic heterocycles. The third kappa shape index (κ3) is 3.98. The molecule has 102 valence electrons. The first-order valence-electron chi connectivity index (χ1n) is 6.58. The number of nitrogens with two attached hydrogens (primary N) is 1. The standard InChI is InChI=1S/C14H19N3O2/c15-11-4-3-5-12(10-11)16-13(18)7-9-17-8-2-1-6-14(17)19/h3-5,10H,1-2,6-9,15H2,(H,16,18). The first-order valence-corrected chi connectivity index (χ1v) is 6.58. The molecule has 0 saturated carbocycles. The van der Waals surface area contributed by atoms with Gasteiger partial charge in [-0.15, -0.1) is 0 Å². The number of hydrogen-bond donors (Lipinski definition) is 2. The van der Waals surface area contributed by atoms with Crippen LogP contribution in [0, 0.1) is 0 Å². The van der Waals surface area contributed by atoms with Crippen molar-refractivity contribution >= 4 is 23.2 Å². The Balaban J connectivity index is 1.80. The highest BCUT2D eigenvalue weighted by Crippen LogP contribution is 2.13. The predicted octanol–water partition coefficient (Wildman–Crippen LogP) is 1.61. The van der Waals surface area contributed by atoms with E-state index in [9.17, 15) is 9.59 Å². The molecule has 19 heavy (non-hydrogen) atoms. The van der Waals surface area contributed by atoms with Crippen LogP contribution in [0.5, 0.6) is 0 Å². The molecule has 5 heteroatoms. The fourth-order valence-corrected chi connectivity index (χ4v) is 2.17. The van der Waals surface area contributed by atoms with Gasteiger partial charge in [-0.1, -0.05) is 6.07 Å². The van der Waals surface area contributed by atoms with Crippen LogP contribution in [0.1, 0.15) is 25.7 Å². The van der Waals surface area contributed by atoms with Crippen LogP contribution >= 0.6 is 0 Å². The van der Waals surface area contributed by atoms with Crippen LogP contribution in [0.3, 0.4) is 0 Å². The lowest BCUT2D eigenvalue weighted by atomic mass is 10.1. The molecule has 2 amide bonds. The van der Waals surface area contributed by atoms with Gasteiger partial charge in [0.2, 0.25) is 11.8 Å². The van der Waals surface area contributed by atoms with Crippen LogP contribution in [-0.2, 0) is 9.59 Å². The maximum absolute atomic E-state index is 11.8. The molecule has 5 nitrogen and oxygen atoms in total. The first kappa shape index (κ1) is 13.4. The number of nitrogens with one attached hydrogen (secondary N) is 1. The van der Waals surface area contributed by atoms with E-state index < -0.39 is 0 Å². The van der Waals surface area contributed by atoms with Crippen LogP contribution in [0.2, 0.25) is 0 Å². The van der Waals surface area contributed by atoms with Crippen molar-refractivity contribution in [2.24, 2.45) is 0 Å². The monoisotopic (exact) mass is 261 g/mol. The average Bonchev–Trinajstić information content (AvgIpc) is 2.38.